The van der Waals surface area contributed by atoms with E-state index >= 15 is 0 Å². The Kier molecular flexibility index (Phi) is 2.51. The summed E-state index contributed by atoms with van der Waals surface area (Å²) in [7, 11) is 0. The fraction of sp³-hybridized carbons (Fsp3) is 0.0476. The van der Waals surface area contributed by atoms with Crippen LogP contribution in [0.15, 0.2) is 48.2 Å². The molecule has 4 aliphatic rings. The van der Waals surface area contributed by atoms with E-state index in [-0.39, 0.29) is 27.5 Å². The van der Waals surface area contributed by atoms with Gasteiger partial charge >= 0.3 is 0 Å². The van der Waals surface area contributed by atoms with Gasteiger partial charge in [-0.15, -0.1) is 0 Å². The lowest BCUT2D eigenvalue weighted by atomic mass is 9.93. The maximum atomic E-state index is 13.2. The van der Waals surface area contributed by atoms with Crippen LogP contribution in [-0.4, -0.2) is 16.8 Å². The van der Waals surface area contributed by atoms with E-state index in [0.717, 1.165) is 16.7 Å². The minimum Gasteiger partial charge on any atom is -0.623 e. The molecule has 0 bridgehead atoms. The molecule has 2 heterocycles. The van der Waals surface area contributed by atoms with Crippen LogP contribution in [0.3, 0.4) is 0 Å². The van der Waals surface area contributed by atoms with Gasteiger partial charge in [0.2, 0.25) is 0 Å². The van der Waals surface area contributed by atoms with Gasteiger partial charge in [0.1, 0.15) is 11.4 Å². The quantitative estimate of drug-likeness (QED) is 0.488. The number of fused-ring (bicyclic) bond motifs is 9. The van der Waals surface area contributed by atoms with Crippen molar-refractivity contribution in [3.63, 3.8) is 0 Å². The topological polar surface area (TPSA) is 93.9 Å². The molecule has 2 aromatic rings. The highest BCUT2D eigenvalue weighted by molar-refractivity contribution is 6.27. The summed E-state index contributed by atoms with van der Waals surface area (Å²) in [5, 5.41) is 26.6. The van der Waals surface area contributed by atoms with Crippen molar-refractivity contribution >= 4 is 28.8 Å². The van der Waals surface area contributed by atoms with Crippen LogP contribution in [-0.2, 0) is 11.2 Å². The average Bonchev–Trinajstić information content (AvgIpc) is 3.26. The molecule has 6 heteroatoms. The normalized spacial score (nSPS) is 20.8. The third kappa shape index (κ3) is 1.58. The molecule has 2 aromatic carbocycles. The Morgan fingerprint density at radius 3 is 2.78 bits per heavy atom. The summed E-state index contributed by atoms with van der Waals surface area (Å²) >= 11 is 0. The second kappa shape index (κ2) is 4.62. The van der Waals surface area contributed by atoms with E-state index in [2.05, 4.69) is 5.32 Å². The second-order valence-corrected chi connectivity index (χ2v) is 7.00. The first-order valence-corrected chi connectivity index (χ1v) is 8.61. The molecular weight excluding hydrogens is 344 g/mol. The van der Waals surface area contributed by atoms with Crippen molar-refractivity contribution < 1.29 is 19.8 Å². The molecule has 0 saturated carbocycles. The van der Waals surface area contributed by atoms with Gasteiger partial charge in [0, 0.05) is 23.6 Å². The number of ketones is 1. The van der Waals surface area contributed by atoms with Crippen molar-refractivity contribution in [1.29, 1.82) is 0 Å². The molecule has 27 heavy (non-hydrogen) atoms. The van der Waals surface area contributed by atoms with Crippen LogP contribution >= 0.6 is 0 Å². The minimum atomic E-state index is -0.414. The smallest absolute Gasteiger partial charge is 0.259 e. The van der Waals surface area contributed by atoms with Crippen LogP contribution in [0.2, 0.25) is 0 Å². The third-order valence-corrected chi connectivity index (χ3v) is 5.70. The lowest BCUT2D eigenvalue weighted by molar-refractivity contribution is -0.723. The maximum Gasteiger partial charge on any atom is 0.259 e. The van der Waals surface area contributed by atoms with Crippen molar-refractivity contribution in [2.24, 2.45) is 0 Å². The number of quaternary nitrogens is 1. The van der Waals surface area contributed by atoms with Gasteiger partial charge < -0.3 is 15.4 Å². The molecule has 0 aromatic heterocycles. The predicted octanol–water partition coefficient (Wildman–Crippen LogP) is -0.174. The molecule has 0 fully saturated rings. The molecule has 1 amide bonds. The predicted molar refractivity (Wildman–Crippen MR) is 97.1 cm³/mol. The molecule has 0 radical (unpaired) electrons. The Morgan fingerprint density at radius 2 is 1.93 bits per heavy atom. The summed E-state index contributed by atoms with van der Waals surface area (Å²) in [6.45, 7) is 0. The summed E-state index contributed by atoms with van der Waals surface area (Å²) in [5.74, 6) is -1.01. The molecule has 6 nitrogen and oxygen atoms in total. The number of hydroxylamine groups is 1. The number of rotatable bonds is 0. The molecule has 1 atom stereocenters. The zero-order valence-corrected chi connectivity index (χ0v) is 13.9. The number of carbonyl (C=O) groups is 2. The van der Waals surface area contributed by atoms with Gasteiger partial charge in [-0.2, -0.15) is 0 Å². The van der Waals surface area contributed by atoms with Crippen molar-refractivity contribution in [2.75, 3.05) is 0 Å². The number of allylic oxidation sites excluding steroid dienone is 4. The highest BCUT2D eigenvalue weighted by atomic mass is 16.5. The first kappa shape index (κ1) is 14.7. The molecule has 0 spiro atoms. The van der Waals surface area contributed by atoms with Crippen LogP contribution < -0.4 is 20.8 Å². The summed E-state index contributed by atoms with van der Waals surface area (Å²) in [4.78, 5) is 25.2. The van der Waals surface area contributed by atoms with Crippen molar-refractivity contribution in [1.82, 2.24) is 5.32 Å². The molecule has 0 saturated heterocycles. The number of benzene rings is 2. The molecular formula is C21H12N2O4. The molecule has 1 unspecified atom stereocenters. The van der Waals surface area contributed by atoms with E-state index in [9.17, 15) is 19.9 Å². The Labute approximate surface area is 152 Å². The number of aliphatic hydroxyl groups excluding tert-OH is 1. The van der Waals surface area contributed by atoms with E-state index < -0.39 is 5.91 Å². The monoisotopic (exact) mass is 356 g/mol. The van der Waals surface area contributed by atoms with Crippen LogP contribution in [0.25, 0.3) is 22.6 Å². The number of hydrogen-bond donors (Lipinski definition) is 3. The van der Waals surface area contributed by atoms with Crippen LogP contribution in [0.4, 0.5) is 5.69 Å². The van der Waals surface area contributed by atoms with Crippen LogP contribution in [0.1, 0.15) is 21.5 Å². The highest BCUT2D eigenvalue weighted by Gasteiger charge is 2.42. The molecule has 130 valence electrons. The number of amides is 1. The van der Waals surface area contributed by atoms with Gasteiger partial charge in [0.15, 0.2) is 11.7 Å². The maximum absolute atomic E-state index is 13.2. The summed E-state index contributed by atoms with van der Waals surface area (Å²) in [6, 6.07) is 7.69. The van der Waals surface area contributed by atoms with E-state index in [1.54, 1.807) is 12.2 Å². The lowest BCUT2D eigenvalue weighted by Crippen LogP contribution is -2.99. The van der Waals surface area contributed by atoms with E-state index in [1.165, 1.54) is 6.08 Å². The van der Waals surface area contributed by atoms with Crippen LogP contribution in [0, 0.1) is 5.21 Å². The molecule has 2 aliphatic heterocycles. The Bertz CT molecular complexity index is 1330. The van der Waals surface area contributed by atoms with Gasteiger partial charge in [0.25, 0.3) is 5.91 Å². The summed E-state index contributed by atoms with van der Waals surface area (Å²) in [6.07, 6.45) is 5.11. The Balaban J connectivity index is 1.90. The van der Waals surface area contributed by atoms with Gasteiger partial charge in [-0.05, 0) is 17.2 Å². The molecule has 2 aliphatic carbocycles. The van der Waals surface area contributed by atoms with Crippen molar-refractivity contribution in [2.45, 2.75) is 6.42 Å². The average molecular weight is 356 g/mol. The van der Waals surface area contributed by atoms with Crippen molar-refractivity contribution in [3.8, 4) is 11.1 Å². The van der Waals surface area contributed by atoms with Crippen LogP contribution in [0.5, 0.6) is 0 Å². The molecule has 6 rings (SSSR count). The third-order valence-electron chi connectivity index (χ3n) is 5.70. The number of nitrogens with one attached hydrogen (secondary N) is 2. The lowest BCUT2D eigenvalue weighted by Gasteiger charge is -2.22. The Hall–Kier alpha value is -3.48. The SMILES string of the molecule is O=C1C=CC=C2C1=c1c(c3c(c4c1=C(O)NC4=O)-c1ccccc1C3)[NH+]2[O-]. The second-order valence-electron chi connectivity index (χ2n) is 7.00. The number of aliphatic hydroxyl groups is 1. The fourth-order valence-corrected chi connectivity index (χ4v) is 4.69. The Morgan fingerprint density at radius 1 is 1.11 bits per heavy atom. The summed E-state index contributed by atoms with van der Waals surface area (Å²) in [5.41, 5.74) is 4.74. The minimum absolute atomic E-state index is 0.225. The zero-order valence-electron chi connectivity index (χ0n) is 13.9. The van der Waals surface area contributed by atoms with Gasteiger partial charge in [-0.1, -0.05) is 30.3 Å². The fourth-order valence-electron chi connectivity index (χ4n) is 4.69. The number of carbonyl (C=O) groups excluding carboxylic acids is 2. The largest absolute Gasteiger partial charge is 0.623 e. The van der Waals surface area contributed by atoms with Gasteiger partial charge in [0.05, 0.1) is 21.6 Å². The first-order valence-electron chi connectivity index (χ1n) is 8.61. The number of hydrogen-bond acceptors (Lipinski definition) is 4. The zero-order chi connectivity index (χ0) is 18.4. The van der Waals surface area contributed by atoms with E-state index in [1.807, 2.05) is 24.3 Å². The van der Waals surface area contributed by atoms with Gasteiger partial charge in [-0.3, -0.25) is 14.9 Å². The first-order chi connectivity index (χ1) is 13.1. The van der Waals surface area contributed by atoms with E-state index in [0.29, 0.717) is 34.2 Å². The van der Waals surface area contributed by atoms with Crippen molar-refractivity contribution in [3.05, 3.63) is 80.5 Å². The van der Waals surface area contributed by atoms with E-state index in [4.69, 9.17) is 0 Å². The highest BCUT2D eigenvalue weighted by Crippen LogP contribution is 2.41. The van der Waals surface area contributed by atoms with Gasteiger partial charge in [-0.25, -0.2) is 0 Å². The summed E-state index contributed by atoms with van der Waals surface area (Å²) < 4.78 is 0. The molecule has 3 N–H and O–H groups in total. The standard InChI is InChI=1S/C21H12N2O4/c24-13-7-3-6-12-15(13)16-18-17(20(25)22-21(18)26)14-10-5-2-1-4-9(10)8-11(14)19(16)23(12)27/h1-7,23,26H,8H2,(H,22,25).